The standard InChI is InChI=1S/C15H20FNO3/c1-10-7-17(8-11(2)20-10)9-14(18)13-6-12(16)4-5-15(13)19-3/h4-6,10-11H,7-9H2,1-3H3. The van der Waals surface area contributed by atoms with Crippen molar-refractivity contribution in [2.24, 2.45) is 0 Å². The number of ether oxygens (including phenoxy) is 2. The van der Waals surface area contributed by atoms with Gasteiger partial charge in [0.2, 0.25) is 0 Å². The molecule has 110 valence electrons. The third kappa shape index (κ3) is 3.55. The molecule has 1 saturated heterocycles. The number of carbonyl (C=O) groups excluding carboxylic acids is 1. The normalized spacial score (nSPS) is 23.6. The monoisotopic (exact) mass is 281 g/mol. The van der Waals surface area contributed by atoms with E-state index in [9.17, 15) is 9.18 Å². The lowest BCUT2D eigenvalue weighted by molar-refractivity contribution is -0.0652. The molecule has 1 fully saturated rings. The molecule has 0 N–H and O–H groups in total. The number of benzene rings is 1. The van der Waals surface area contributed by atoms with Crippen LogP contribution in [-0.4, -0.2) is 49.6 Å². The quantitative estimate of drug-likeness (QED) is 0.793. The van der Waals surface area contributed by atoms with Gasteiger partial charge in [0.05, 0.1) is 31.4 Å². The van der Waals surface area contributed by atoms with Crippen molar-refractivity contribution < 1.29 is 18.7 Å². The van der Waals surface area contributed by atoms with E-state index in [1.807, 2.05) is 18.7 Å². The van der Waals surface area contributed by atoms with Gasteiger partial charge in [0.1, 0.15) is 11.6 Å². The first kappa shape index (κ1) is 14.9. The van der Waals surface area contributed by atoms with Crippen LogP contribution in [0.1, 0.15) is 24.2 Å². The Morgan fingerprint density at radius 2 is 2.05 bits per heavy atom. The molecule has 1 aromatic rings. The Morgan fingerprint density at radius 1 is 1.40 bits per heavy atom. The number of morpholine rings is 1. The molecule has 0 aliphatic carbocycles. The van der Waals surface area contributed by atoms with Gasteiger partial charge in [0.15, 0.2) is 5.78 Å². The first-order chi connectivity index (χ1) is 9.49. The van der Waals surface area contributed by atoms with Crippen LogP contribution in [0.25, 0.3) is 0 Å². The third-order valence-electron chi connectivity index (χ3n) is 3.32. The third-order valence-corrected chi connectivity index (χ3v) is 3.32. The summed E-state index contributed by atoms with van der Waals surface area (Å²) < 4.78 is 24.1. The van der Waals surface area contributed by atoms with E-state index >= 15 is 0 Å². The van der Waals surface area contributed by atoms with Gasteiger partial charge in [-0.25, -0.2) is 4.39 Å². The summed E-state index contributed by atoms with van der Waals surface area (Å²) in [6, 6.07) is 4.00. The molecule has 2 rings (SSSR count). The molecule has 1 aliphatic rings. The summed E-state index contributed by atoms with van der Waals surface area (Å²) in [4.78, 5) is 14.4. The molecule has 1 heterocycles. The van der Waals surface area contributed by atoms with Gasteiger partial charge in [-0.15, -0.1) is 0 Å². The number of hydrogen-bond donors (Lipinski definition) is 0. The van der Waals surface area contributed by atoms with Crippen molar-refractivity contribution >= 4 is 5.78 Å². The van der Waals surface area contributed by atoms with Crippen LogP contribution >= 0.6 is 0 Å². The van der Waals surface area contributed by atoms with Crippen LogP contribution in [0.4, 0.5) is 4.39 Å². The van der Waals surface area contributed by atoms with Crippen molar-refractivity contribution in [3.05, 3.63) is 29.6 Å². The Hall–Kier alpha value is -1.46. The molecule has 0 saturated carbocycles. The number of methoxy groups -OCH3 is 1. The van der Waals surface area contributed by atoms with Crippen molar-refractivity contribution in [1.82, 2.24) is 4.90 Å². The van der Waals surface area contributed by atoms with E-state index in [1.165, 1.54) is 25.3 Å². The predicted octanol–water partition coefficient (Wildman–Crippen LogP) is 2.13. The minimum absolute atomic E-state index is 0.0981. The van der Waals surface area contributed by atoms with Gasteiger partial charge in [-0.3, -0.25) is 9.69 Å². The number of ketones is 1. The van der Waals surface area contributed by atoms with Crippen LogP contribution in [0, 0.1) is 5.82 Å². The fourth-order valence-electron chi connectivity index (χ4n) is 2.60. The Labute approximate surface area is 118 Å². The van der Waals surface area contributed by atoms with Crippen LogP contribution in [-0.2, 0) is 4.74 Å². The summed E-state index contributed by atoms with van der Waals surface area (Å²) in [7, 11) is 1.48. The van der Waals surface area contributed by atoms with E-state index in [-0.39, 0.29) is 24.5 Å². The number of carbonyl (C=O) groups is 1. The highest BCUT2D eigenvalue weighted by molar-refractivity contribution is 6.00. The van der Waals surface area contributed by atoms with Crippen LogP contribution < -0.4 is 4.74 Å². The van der Waals surface area contributed by atoms with E-state index in [0.717, 1.165) is 0 Å². The maximum Gasteiger partial charge on any atom is 0.180 e. The molecule has 0 aromatic heterocycles. The lowest BCUT2D eigenvalue weighted by Crippen LogP contribution is -2.47. The van der Waals surface area contributed by atoms with Crippen molar-refractivity contribution in [2.75, 3.05) is 26.7 Å². The van der Waals surface area contributed by atoms with E-state index in [1.54, 1.807) is 0 Å². The lowest BCUT2D eigenvalue weighted by atomic mass is 10.1. The van der Waals surface area contributed by atoms with E-state index in [4.69, 9.17) is 9.47 Å². The highest BCUT2D eigenvalue weighted by Gasteiger charge is 2.25. The molecule has 0 spiro atoms. The first-order valence-corrected chi connectivity index (χ1v) is 6.74. The van der Waals surface area contributed by atoms with Gasteiger partial charge in [-0.05, 0) is 32.0 Å². The Morgan fingerprint density at radius 3 is 2.65 bits per heavy atom. The minimum atomic E-state index is -0.433. The molecule has 4 nitrogen and oxygen atoms in total. The average Bonchev–Trinajstić information content (AvgIpc) is 2.37. The van der Waals surface area contributed by atoms with Crippen LogP contribution in [0.2, 0.25) is 0 Å². The van der Waals surface area contributed by atoms with Crippen molar-refractivity contribution in [3.8, 4) is 5.75 Å². The number of rotatable bonds is 4. The van der Waals surface area contributed by atoms with Gasteiger partial charge < -0.3 is 9.47 Å². The Kier molecular flexibility index (Phi) is 4.73. The number of hydrogen-bond acceptors (Lipinski definition) is 4. The molecule has 2 atom stereocenters. The largest absolute Gasteiger partial charge is 0.496 e. The summed E-state index contributed by atoms with van der Waals surface area (Å²) in [6.45, 7) is 5.62. The Bertz CT molecular complexity index is 482. The lowest BCUT2D eigenvalue weighted by Gasteiger charge is -2.34. The predicted molar refractivity (Wildman–Crippen MR) is 73.7 cm³/mol. The molecule has 5 heteroatoms. The van der Waals surface area contributed by atoms with Gasteiger partial charge in [-0.1, -0.05) is 0 Å². The summed E-state index contributed by atoms with van der Waals surface area (Å²) in [6.07, 6.45) is 0.196. The number of Topliss-reactive ketones (excluding diaryl/α,β-unsaturated/α-hetero) is 1. The van der Waals surface area contributed by atoms with Gasteiger partial charge >= 0.3 is 0 Å². The minimum Gasteiger partial charge on any atom is -0.496 e. The highest BCUT2D eigenvalue weighted by Crippen LogP contribution is 2.21. The Balaban J connectivity index is 2.10. The zero-order valence-corrected chi connectivity index (χ0v) is 12.1. The highest BCUT2D eigenvalue weighted by atomic mass is 19.1. The van der Waals surface area contributed by atoms with Crippen molar-refractivity contribution in [1.29, 1.82) is 0 Å². The maximum absolute atomic E-state index is 13.3. The fraction of sp³-hybridized carbons (Fsp3) is 0.533. The van der Waals surface area contributed by atoms with Crippen molar-refractivity contribution in [3.63, 3.8) is 0 Å². The van der Waals surface area contributed by atoms with E-state index in [2.05, 4.69) is 0 Å². The number of halogens is 1. The average molecular weight is 281 g/mol. The molecule has 0 radical (unpaired) electrons. The summed E-state index contributed by atoms with van der Waals surface area (Å²) >= 11 is 0. The SMILES string of the molecule is COc1ccc(F)cc1C(=O)CN1CC(C)OC(C)C1. The van der Waals surface area contributed by atoms with Crippen LogP contribution in [0.5, 0.6) is 5.75 Å². The van der Waals surface area contributed by atoms with Crippen LogP contribution in [0.15, 0.2) is 18.2 Å². The van der Waals surface area contributed by atoms with E-state index < -0.39 is 5.82 Å². The molecular weight excluding hydrogens is 261 g/mol. The smallest absolute Gasteiger partial charge is 0.180 e. The number of nitrogens with zero attached hydrogens (tertiary/aromatic N) is 1. The molecular formula is C15H20FNO3. The van der Waals surface area contributed by atoms with Crippen molar-refractivity contribution in [2.45, 2.75) is 26.1 Å². The topological polar surface area (TPSA) is 38.8 Å². The summed E-state index contributed by atoms with van der Waals surface area (Å²) in [5, 5.41) is 0. The van der Waals surface area contributed by atoms with E-state index in [0.29, 0.717) is 24.4 Å². The maximum atomic E-state index is 13.3. The second-order valence-corrected chi connectivity index (χ2v) is 5.22. The summed E-state index contributed by atoms with van der Waals surface area (Å²) in [5.74, 6) is -0.161. The molecule has 1 aromatic carbocycles. The summed E-state index contributed by atoms with van der Waals surface area (Å²) in [5.41, 5.74) is 0.291. The molecule has 0 amide bonds. The molecule has 2 unspecified atom stereocenters. The second kappa shape index (κ2) is 6.33. The fourth-order valence-corrected chi connectivity index (χ4v) is 2.60. The zero-order valence-electron chi connectivity index (χ0n) is 12.1. The molecule has 0 bridgehead atoms. The van der Waals surface area contributed by atoms with Gasteiger partial charge in [0.25, 0.3) is 0 Å². The zero-order chi connectivity index (χ0) is 14.7. The first-order valence-electron chi connectivity index (χ1n) is 6.74. The van der Waals surface area contributed by atoms with Gasteiger partial charge in [0, 0.05) is 13.1 Å². The molecule has 20 heavy (non-hydrogen) atoms. The second-order valence-electron chi connectivity index (χ2n) is 5.22. The molecule has 1 aliphatic heterocycles. The van der Waals surface area contributed by atoms with Gasteiger partial charge in [-0.2, -0.15) is 0 Å². The van der Waals surface area contributed by atoms with Crippen LogP contribution in [0.3, 0.4) is 0 Å².